The standard InChI is InChI=1S/C48H90Br2/c49-47-45-43-41-39-37-35-33-31-29-27-25-23-21-19-17-15-13-11-9-7-5-3-1-2-4-6-8-10-12-14-16-18-20-22-24-26-28-30-32-34-36-38-40-42-44-46-48-50/h1-2,23-26H,3-22,27-48H2/b2-1+,25-23+,26-24+. The third kappa shape index (κ3) is 48.2. The van der Waals surface area contributed by atoms with Crippen molar-refractivity contribution in [2.24, 2.45) is 0 Å². The zero-order valence-corrected chi connectivity index (χ0v) is 37.1. The van der Waals surface area contributed by atoms with E-state index in [1.54, 1.807) is 0 Å². The van der Waals surface area contributed by atoms with Gasteiger partial charge in [0.1, 0.15) is 0 Å². The molecule has 0 aliphatic carbocycles. The largest absolute Gasteiger partial charge is 0.0928 e. The quantitative estimate of drug-likeness (QED) is 0.0326. The highest BCUT2D eigenvalue weighted by Crippen LogP contribution is 2.15. The van der Waals surface area contributed by atoms with E-state index in [-0.39, 0.29) is 0 Å². The Hall–Kier alpha value is 0.180. The molecule has 50 heavy (non-hydrogen) atoms. The maximum atomic E-state index is 3.52. The number of hydrogen-bond donors (Lipinski definition) is 0. The zero-order chi connectivity index (χ0) is 35.9. The van der Waals surface area contributed by atoms with E-state index in [1.165, 1.54) is 267 Å². The smallest absolute Gasteiger partial charge is 0.00313 e. The van der Waals surface area contributed by atoms with Gasteiger partial charge in [0.05, 0.1) is 0 Å². The number of hydrogen-bond acceptors (Lipinski definition) is 0. The molecule has 0 saturated heterocycles. The van der Waals surface area contributed by atoms with Crippen LogP contribution in [0.3, 0.4) is 0 Å². The summed E-state index contributed by atoms with van der Waals surface area (Å²) in [5.74, 6) is 0. The first-order valence-electron chi connectivity index (χ1n) is 23.0. The third-order valence-electron chi connectivity index (χ3n) is 10.5. The minimum absolute atomic E-state index is 1.18. The topological polar surface area (TPSA) is 0 Å². The molecule has 0 aromatic heterocycles. The predicted octanol–water partition coefficient (Wildman–Crippen LogP) is 19.0. The van der Waals surface area contributed by atoms with Crippen molar-refractivity contribution >= 4 is 31.9 Å². The molecule has 0 aromatic carbocycles. The lowest BCUT2D eigenvalue weighted by molar-refractivity contribution is 0.566. The first kappa shape index (κ1) is 50.2. The van der Waals surface area contributed by atoms with Crippen LogP contribution in [0.25, 0.3) is 0 Å². The van der Waals surface area contributed by atoms with Gasteiger partial charge in [0, 0.05) is 10.7 Å². The molecule has 2 heteroatoms. The van der Waals surface area contributed by atoms with E-state index in [1.807, 2.05) is 0 Å². The third-order valence-corrected chi connectivity index (χ3v) is 11.6. The summed E-state index contributed by atoms with van der Waals surface area (Å²) in [6.07, 6.45) is 71.1. The fourth-order valence-electron chi connectivity index (χ4n) is 7.07. The van der Waals surface area contributed by atoms with Crippen LogP contribution < -0.4 is 0 Å². The molecule has 0 rings (SSSR count). The van der Waals surface area contributed by atoms with Crippen LogP contribution in [0.1, 0.15) is 257 Å². The summed E-state index contributed by atoms with van der Waals surface area (Å²) in [5, 5.41) is 2.36. The van der Waals surface area contributed by atoms with Crippen LogP contribution in [0, 0.1) is 0 Å². The Morgan fingerprint density at radius 3 is 0.420 bits per heavy atom. The van der Waals surface area contributed by atoms with Gasteiger partial charge in [-0.1, -0.05) is 235 Å². The second-order valence-corrected chi connectivity index (χ2v) is 17.1. The molecule has 0 amide bonds. The highest BCUT2D eigenvalue weighted by Gasteiger charge is 1.96. The van der Waals surface area contributed by atoms with Crippen molar-refractivity contribution in [1.82, 2.24) is 0 Å². The van der Waals surface area contributed by atoms with Crippen molar-refractivity contribution in [3.8, 4) is 0 Å². The van der Waals surface area contributed by atoms with E-state index in [2.05, 4.69) is 68.3 Å². The first-order chi connectivity index (χ1) is 24.9. The molecule has 0 fully saturated rings. The minimum Gasteiger partial charge on any atom is -0.0928 e. The molecule has 296 valence electrons. The molecule has 0 heterocycles. The molecule has 0 aliphatic heterocycles. The Labute approximate surface area is 334 Å². The second kappa shape index (κ2) is 49.2. The molecule has 0 saturated carbocycles. The summed E-state index contributed by atoms with van der Waals surface area (Å²) in [7, 11) is 0. The van der Waals surface area contributed by atoms with Crippen LogP contribution in [-0.2, 0) is 0 Å². The van der Waals surface area contributed by atoms with Crippen LogP contribution in [0.15, 0.2) is 36.5 Å². The van der Waals surface area contributed by atoms with Gasteiger partial charge in [0.15, 0.2) is 0 Å². The van der Waals surface area contributed by atoms with Crippen LogP contribution in [0.2, 0.25) is 0 Å². The summed E-state index contributed by atoms with van der Waals surface area (Å²) in [6, 6.07) is 0. The van der Waals surface area contributed by atoms with Gasteiger partial charge in [0.2, 0.25) is 0 Å². The number of unbranched alkanes of at least 4 members (excludes halogenated alkanes) is 36. The second-order valence-electron chi connectivity index (χ2n) is 15.5. The van der Waals surface area contributed by atoms with Crippen molar-refractivity contribution in [2.75, 3.05) is 10.7 Å². The molecular formula is C48H90Br2. The van der Waals surface area contributed by atoms with Gasteiger partial charge < -0.3 is 0 Å². The van der Waals surface area contributed by atoms with E-state index in [9.17, 15) is 0 Å². The first-order valence-corrected chi connectivity index (χ1v) is 25.2. The van der Waals surface area contributed by atoms with Crippen LogP contribution in [-0.4, -0.2) is 10.7 Å². The Morgan fingerprint density at radius 2 is 0.280 bits per heavy atom. The molecule has 0 atom stereocenters. The molecular weight excluding hydrogens is 736 g/mol. The number of halogens is 2. The van der Waals surface area contributed by atoms with Crippen molar-refractivity contribution < 1.29 is 0 Å². The SMILES string of the molecule is BrCCCCCCCCCCC/C=C/CCCCCCCCCC/C=C/CCCCCCCCCC/C=C/CCCCCCCCCCCBr. The summed E-state index contributed by atoms with van der Waals surface area (Å²) in [6.45, 7) is 0. The van der Waals surface area contributed by atoms with E-state index >= 15 is 0 Å². The van der Waals surface area contributed by atoms with Crippen molar-refractivity contribution in [2.45, 2.75) is 257 Å². The van der Waals surface area contributed by atoms with Crippen molar-refractivity contribution in [3.05, 3.63) is 36.5 Å². The van der Waals surface area contributed by atoms with E-state index < -0.39 is 0 Å². The Morgan fingerprint density at radius 1 is 0.160 bits per heavy atom. The molecule has 0 aromatic rings. The fraction of sp³-hybridized carbons (Fsp3) is 0.875. The number of allylic oxidation sites excluding steroid dienone is 6. The van der Waals surface area contributed by atoms with Gasteiger partial charge in [-0.05, 0) is 89.9 Å². The lowest BCUT2D eigenvalue weighted by Gasteiger charge is -2.02. The molecule has 0 N–H and O–H groups in total. The van der Waals surface area contributed by atoms with Gasteiger partial charge in [-0.15, -0.1) is 0 Å². The number of rotatable bonds is 44. The molecule has 0 bridgehead atoms. The Balaban J connectivity index is 3.16. The lowest BCUT2D eigenvalue weighted by atomic mass is 10.0. The zero-order valence-electron chi connectivity index (χ0n) is 33.9. The van der Waals surface area contributed by atoms with Crippen LogP contribution >= 0.6 is 31.9 Å². The average molecular weight is 827 g/mol. The van der Waals surface area contributed by atoms with Gasteiger partial charge >= 0.3 is 0 Å². The highest BCUT2D eigenvalue weighted by atomic mass is 79.9. The average Bonchev–Trinajstić information content (AvgIpc) is 3.13. The van der Waals surface area contributed by atoms with Gasteiger partial charge in [-0.2, -0.15) is 0 Å². The van der Waals surface area contributed by atoms with Crippen LogP contribution in [0.4, 0.5) is 0 Å². The van der Waals surface area contributed by atoms with Gasteiger partial charge in [0.25, 0.3) is 0 Å². The summed E-state index contributed by atoms with van der Waals surface area (Å²) in [5.41, 5.74) is 0. The van der Waals surface area contributed by atoms with Crippen molar-refractivity contribution in [1.29, 1.82) is 0 Å². The Bertz CT molecular complexity index is 609. The molecule has 0 nitrogen and oxygen atoms in total. The normalized spacial score (nSPS) is 12.1. The summed E-state index contributed by atoms with van der Waals surface area (Å²) < 4.78 is 0. The maximum Gasteiger partial charge on any atom is 0.00313 e. The molecule has 0 spiro atoms. The molecule has 0 radical (unpaired) electrons. The van der Waals surface area contributed by atoms with Crippen molar-refractivity contribution in [3.63, 3.8) is 0 Å². The predicted molar refractivity (Wildman–Crippen MR) is 240 cm³/mol. The van der Waals surface area contributed by atoms with E-state index in [0.29, 0.717) is 0 Å². The van der Waals surface area contributed by atoms with Gasteiger partial charge in [-0.25, -0.2) is 0 Å². The maximum absolute atomic E-state index is 3.52. The van der Waals surface area contributed by atoms with E-state index in [4.69, 9.17) is 0 Å². The van der Waals surface area contributed by atoms with Gasteiger partial charge in [-0.3, -0.25) is 0 Å². The minimum atomic E-state index is 1.18. The molecule has 0 unspecified atom stereocenters. The number of alkyl halides is 2. The molecule has 0 aliphatic rings. The lowest BCUT2D eigenvalue weighted by Crippen LogP contribution is -1.82. The summed E-state index contributed by atoms with van der Waals surface area (Å²) in [4.78, 5) is 0. The highest BCUT2D eigenvalue weighted by molar-refractivity contribution is 9.09. The monoisotopic (exact) mass is 825 g/mol. The van der Waals surface area contributed by atoms with E-state index in [0.717, 1.165) is 0 Å². The fourth-order valence-corrected chi connectivity index (χ4v) is 7.86. The summed E-state index contributed by atoms with van der Waals surface area (Å²) >= 11 is 7.05. The Kier molecular flexibility index (Phi) is 49.4. The van der Waals surface area contributed by atoms with Crippen LogP contribution in [0.5, 0.6) is 0 Å².